The van der Waals surface area contributed by atoms with Gasteiger partial charge in [-0.2, -0.15) is 0 Å². The van der Waals surface area contributed by atoms with Crippen LogP contribution in [0.15, 0.2) is 35.9 Å². The third-order valence-corrected chi connectivity index (χ3v) is 1.81. The first-order valence-electron chi connectivity index (χ1n) is 3.52. The highest BCUT2D eigenvalue weighted by Gasteiger charge is 1.97. The lowest BCUT2D eigenvalue weighted by Crippen LogP contribution is -2.50. The Hall–Kier alpha value is -0.790. The number of quaternary nitrogens is 1. The van der Waals surface area contributed by atoms with E-state index in [9.17, 15) is 0 Å². The summed E-state index contributed by atoms with van der Waals surface area (Å²) in [6.07, 6.45) is 0. The van der Waals surface area contributed by atoms with Gasteiger partial charge in [-0.25, -0.2) is 0 Å². The second kappa shape index (κ2) is 4.16. The second-order valence-electron chi connectivity index (χ2n) is 2.25. The van der Waals surface area contributed by atoms with Gasteiger partial charge in [0, 0.05) is 11.1 Å². The molecule has 0 aliphatic carbocycles. The predicted octanol–water partition coefficient (Wildman–Crippen LogP) is 1.51. The fourth-order valence-electron chi connectivity index (χ4n) is 0.914. The van der Waals surface area contributed by atoms with Crippen LogP contribution in [0.4, 0.5) is 0 Å². The quantitative estimate of drug-likeness (QED) is 0.694. The van der Waals surface area contributed by atoms with Gasteiger partial charge in [0.05, 0.1) is 0 Å². The first-order chi connectivity index (χ1) is 5.38. The van der Waals surface area contributed by atoms with Crippen molar-refractivity contribution in [3.05, 3.63) is 41.4 Å². The molecule has 1 aromatic carbocycles. The summed E-state index contributed by atoms with van der Waals surface area (Å²) in [5.74, 6) is 0. The molecule has 0 bridgehead atoms. The van der Waals surface area contributed by atoms with E-state index < -0.39 is 0 Å². The van der Waals surface area contributed by atoms with Gasteiger partial charge in [0.1, 0.15) is 6.54 Å². The molecular formula is C9H11ClN+. The molecule has 1 aromatic rings. The van der Waals surface area contributed by atoms with Crippen molar-refractivity contribution in [3.8, 4) is 0 Å². The molecule has 0 aliphatic heterocycles. The van der Waals surface area contributed by atoms with Crippen LogP contribution in [0, 0.1) is 0 Å². The summed E-state index contributed by atoms with van der Waals surface area (Å²) in [5, 5.41) is 0. The van der Waals surface area contributed by atoms with Crippen molar-refractivity contribution in [3.63, 3.8) is 0 Å². The summed E-state index contributed by atoms with van der Waals surface area (Å²) in [6, 6.07) is 10.0. The summed E-state index contributed by atoms with van der Waals surface area (Å²) < 4.78 is 0. The predicted molar refractivity (Wildman–Crippen MR) is 48.0 cm³/mol. The van der Waals surface area contributed by atoms with Crippen molar-refractivity contribution in [2.45, 2.75) is 0 Å². The summed E-state index contributed by atoms with van der Waals surface area (Å²) >= 11 is 5.60. The Morgan fingerprint density at radius 2 is 2.00 bits per heavy atom. The molecule has 0 saturated carbocycles. The van der Waals surface area contributed by atoms with E-state index >= 15 is 0 Å². The van der Waals surface area contributed by atoms with E-state index in [0.717, 1.165) is 17.7 Å². The monoisotopic (exact) mass is 168 g/mol. The number of rotatable bonds is 2. The molecule has 11 heavy (non-hydrogen) atoms. The molecular weight excluding hydrogens is 158 g/mol. The first kappa shape index (κ1) is 8.31. The minimum absolute atomic E-state index is 0.730. The normalized spacial score (nSPS) is 11.6. The molecule has 0 saturated heterocycles. The molecule has 0 amide bonds. The van der Waals surface area contributed by atoms with Crippen molar-refractivity contribution < 1.29 is 5.73 Å². The lowest BCUT2D eigenvalue weighted by molar-refractivity contribution is -0.349. The van der Waals surface area contributed by atoms with Crippen LogP contribution in [0.1, 0.15) is 5.56 Å². The topological polar surface area (TPSA) is 27.6 Å². The third kappa shape index (κ3) is 2.07. The molecule has 3 N–H and O–H groups in total. The fraction of sp³-hybridized carbons (Fsp3) is 0.111. The summed E-state index contributed by atoms with van der Waals surface area (Å²) in [6.45, 7) is 0.730. The van der Waals surface area contributed by atoms with E-state index in [1.165, 1.54) is 0 Å². The SMILES string of the molecule is [NH3+]CC(=CCl)c1ccccc1. The Balaban J connectivity index is 2.92. The van der Waals surface area contributed by atoms with Gasteiger partial charge in [-0.15, -0.1) is 0 Å². The van der Waals surface area contributed by atoms with Gasteiger partial charge in [-0.3, -0.25) is 0 Å². The van der Waals surface area contributed by atoms with Crippen LogP contribution in [0.5, 0.6) is 0 Å². The van der Waals surface area contributed by atoms with E-state index in [-0.39, 0.29) is 0 Å². The van der Waals surface area contributed by atoms with Gasteiger partial charge in [-0.05, 0) is 5.56 Å². The molecule has 0 spiro atoms. The molecule has 0 fully saturated rings. The lowest BCUT2D eigenvalue weighted by atomic mass is 10.1. The average molecular weight is 169 g/mol. The van der Waals surface area contributed by atoms with E-state index in [2.05, 4.69) is 5.73 Å². The zero-order valence-electron chi connectivity index (χ0n) is 6.26. The highest BCUT2D eigenvalue weighted by Crippen LogP contribution is 2.12. The molecule has 0 unspecified atom stereocenters. The molecule has 0 heterocycles. The standard InChI is InChI=1S/C9H10ClN/c10-6-9(7-11)8-4-2-1-3-5-8/h1-6H,7,11H2/p+1. The number of hydrogen-bond donors (Lipinski definition) is 1. The van der Waals surface area contributed by atoms with E-state index in [4.69, 9.17) is 11.6 Å². The summed E-state index contributed by atoms with van der Waals surface area (Å²) in [7, 11) is 0. The third-order valence-electron chi connectivity index (χ3n) is 1.55. The van der Waals surface area contributed by atoms with Crippen LogP contribution in [-0.2, 0) is 0 Å². The van der Waals surface area contributed by atoms with Crippen molar-refractivity contribution >= 4 is 17.2 Å². The molecule has 0 aromatic heterocycles. The number of benzene rings is 1. The van der Waals surface area contributed by atoms with Crippen molar-refractivity contribution in [2.24, 2.45) is 0 Å². The average Bonchev–Trinajstić information content (AvgIpc) is 2.09. The molecule has 2 heteroatoms. The molecule has 0 aliphatic rings. The molecule has 1 nitrogen and oxygen atoms in total. The minimum Gasteiger partial charge on any atom is -0.354 e. The largest absolute Gasteiger partial charge is 0.354 e. The van der Waals surface area contributed by atoms with Crippen LogP contribution in [0.25, 0.3) is 5.57 Å². The zero-order valence-corrected chi connectivity index (χ0v) is 7.01. The maximum absolute atomic E-state index is 5.60. The maximum Gasteiger partial charge on any atom is 0.101 e. The Labute approximate surface area is 71.5 Å². The molecule has 0 atom stereocenters. The number of halogens is 1. The van der Waals surface area contributed by atoms with Gasteiger partial charge >= 0.3 is 0 Å². The van der Waals surface area contributed by atoms with Crippen LogP contribution in [0.2, 0.25) is 0 Å². The Kier molecular flexibility index (Phi) is 3.14. The summed E-state index contributed by atoms with van der Waals surface area (Å²) in [4.78, 5) is 0. The van der Waals surface area contributed by atoms with Crippen LogP contribution in [-0.4, -0.2) is 6.54 Å². The van der Waals surface area contributed by atoms with E-state index in [0.29, 0.717) is 0 Å². The van der Waals surface area contributed by atoms with Crippen LogP contribution < -0.4 is 5.73 Å². The highest BCUT2D eigenvalue weighted by atomic mass is 35.5. The van der Waals surface area contributed by atoms with Gasteiger partial charge in [0.25, 0.3) is 0 Å². The Morgan fingerprint density at radius 1 is 1.36 bits per heavy atom. The van der Waals surface area contributed by atoms with E-state index in [1.807, 2.05) is 30.3 Å². The Bertz CT molecular complexity index is 241. The van der Waals surface area contributed by atoms with Crippen molar-refractivity contribution in [1.82, 2.24) is 0 Å². The van der Waals surface area contributed by atoms with E-state index in [1.54, 1.807) is 5.54 Å². The van der Waals surface area contributed by atoms with Crippen molar-refractivity contribution in [1.29, 1.82) is 0 Å². The molecule has 0 radical (unpaired) electrons. The maximum atomic E-state index is 5.60. The summed E-state index contributed by atoms with van der Waals surface area (Å²) in [5.41, 5.74) is 7.59. The van der Waals surface area contributed by atoms with Gasteiger partial charge in [0.2, 0.25) is 0 Å². The number of hydrogen-bond acceptors (Lipinski definition) is 0. The second-order valence-corrected chi connectivity index (χ2v) is 2.47. The molecule has 58 valence electrons. The zero-order chi connectivity index (χ0) is 8.10. The Morgan fingerprint density at radius 3 is 2.45 bits per heavy atom. The van der Waals surface area contributed by atoms with Gasteiger partial charge < -0.3 is 5.73 Å². The van der Waals surface area contributed by atoms with Gasteiger partial charge in [0.15, 0.2) is 0 Å². The van der Waals surface area contributed by atoms with Crippen molar-refractivity contribution in [2.75, 3.05) is 6.54 Å². The smallest absolute Gasteiger partial charge is 0.101 e. The first-order valence-corrected chi connectivity index (χ1v) is 3.96. The molecule has 1 rings (SSSR count). The minimum atomic E-state index is 0.730. The highest BCUT2D eigenvalue weighted by molar-refractivity contribution is 6.28. The van der Waals surface area contributed by atoms with Crippen LogP contribution >= 0.6 is 11.6 Å². The lowest BCUT2D eigenvalue weighted by Gasteiger charge is -1.98. The van der Waals surface area contributed by atoms with Crippen LogP contribution in [0.3, 0.4) is 0 Å². The van der Waals surface area contributed by atoms with Gasteiger partial charge in [-0.1, -0.05) is 41.9 Å². The fourth-order valence-corrected chi connectivity index (χ4v) is 1.15.